The molecule has 0 saturated heterocycles. The van der Waals surface area contributed by atoms with Gasteiger partial charge in [-0.3, -0.25) is 0 Å². The van der Waals surface area contributed by atoms with Crippen LogP contribution in [0.15, 0.2) is 27.5 Å². The molecule has 8 heteroatoms. The number of halogens is 3. The minimum absolute atomic E-state index is 0.157. The van der Waals surface area contributed by atoms with E-state index in [-0.39, 0.29) is 15.6 Å². The van der Waals surface area contributed by atoms with Crippen molar-refractivity contribution in [3.05, 3.63) is 23.2 Å². The molecule has 1 heterocycles. The second kappa shape index (κ2) is 4.23. The number of anilines is 1. The van der Waals surface area contributed by atoms with Crippen LogP contribution in [0.4, 0.5) is 14.5 Å². The number of nitrogens with zero attached hydrogens (tertiary/aromatic N) is 2. The maximum absolute atomic E-state index is 12.3. The monoisotopic (exact) mass is 280 g/mol. The zero-order chi connectivity index (χ0) is 12.6. The molecule has 0 aliphatic carbocycles. The lowest BCUT2D eigenvalue weighted by atomic mass is 10.3. The predicted octanol–water partition coefficient (Wildman–Crippen LogP) is 2.14. The van der Waals surface area contributed by atoms with Crippen LogP contribution < -0.4 is 4.90 Å². The minimum atomic E-state index is -3.83. The standard InChI is InChI=1S/C9H7ClF2N2O2S/c10-6-1-2-7-8(3-6)17(15,16)13-5-14(7)4-9(11)12/h1-3,5,9H,4H2. The molecule has 0 aromatic heterocycles. The van der Waals surface area contributed by atoms with Crippen molar-refractivity contribution in [1.29, 1.82) is 0 Å². The number of fused-ring (bicyclic) bond motifs is 1. The van der Waals surface area contributed by atoms with Crippen molar-refractivity contribution in [2.45, 2.75) is 11.3 Å². The zero-order valence-corrected chi connectivity index (χ0v) is 9.92. The van der Waals surface area contributed by atoms with Crippen molar-refractivity contribution in [2.24, 2.45) is 4.40 Å². The third kappa shape index (κ3) is 2.39. The predicted molar refractivity (Wildman–Crippen MR) is 60.5 cm³/mol. The van der Waals surface area contributed by atoms with E-state index in [0.29, 0.717) is 0 Å². The molecule has 1 aromatic carbocycles. The Morgan fingerprint density at radius 2 is 2.12 bits per heavy atom. The second-order valence-electron chi connectivity index (χ2n) is 3.35. The number of hydrogen-bond acceptors (Lipinski definition) is 3. The van der Waals surface area contributed by atoms with Crippen LogP contribution in [0, 0.1) is 0 Å². The Bertz CT molecular complexity index is 574. The number of alkyl halides is 2. The number of sulfonamides is 1. The topological polar surface area (TPSA) is 49.7 Å². The van der Waals surface area contributed by atoms with E-state index < -0.39 is 23.0 Å². The van der Waals surface area contributed by atoms with E-state index >= 15 is 0 Å². The first kappa shape index (κ1) is 12.3. The van der Waals surface area contributed by atoms with Crippen LogP contribution in [0.25, 0.3) is 0 Å². The molecule has 2 rings (SSSR count). The Kier molecular flexibility index (Phi) is 3.05. The molecule has 0 amide bonds. The summed E-state index contributed by atoms with van der Waals surface area (Å²) in [5.41, 5.74) is 0.157. The Morgan fingerprint density at radius 1 is 1.41 bits per heavy atom. The van der Waals surface area contributed by atoms with Crippen molar-refractivity contribution in [2.75, 3.05) is 11.4 Å². The van der Waals surface area contributed by atoms with Gasteiger partial charge in [0.15, 0.2) is 0 Å². The SMILES string of the molecule is O=S1(=O)N=CN(CC(F)F)c2ccc(Cl)cc21. The lowest BCUT2D eigenvalue weighted by Crippen LogP contribution is -2.31. The normalized spacial score (nSPS) is 17.3. The molecule has 0 spiro atoms. The number of hydrogen-bond donors (Lipinski definition) is 0. The third-order valence-electron chi connectivity index (χ3n) is 2.17. The molecule has 1 aliphatic heterocycles. The molecule has 0 N–H and O–H groups in total. The molecule has 0 unspecified atom stereocenters. The zero-order valence-electron chi connectivity index (χ0n) is 8.35. The molecule has 0 fully saturated rings. The van der Waals surface area contributed by atoms with Gasteiger partial charge in [0.05, 0.1) is 12.2 Å². The van der Waals surface area contributed by atoms with Gasteiger partial charge in [-0.15, -0.1) is 4.40 Å². The Balaban J connectivity index is 2.53. The summed E-state index contributed by atoms with van der Waals surface area (Å²) in [4.78, 5) is 0.922. The average Bonchev–Trinajstić information content (AvgIpc) is 2.22. The molecule has 0 bridgehead atoms. The van der Waals surface area contributed by atoms with Gasteiger partial charge in [-0.2, -0.15) is 8.42 Å². The van der Waals surface area contributed by atoms with Gasteiger partial charge in [0.2, 0.25) is 0 Å². The summed E-state index contributed by atoms with van der Waals surface area (Å²) in [5, 5.41) is 0.210. The highest BCUT2D eigenvalue weighted by atomic mass is 35.5. The maximum atomic E-state index is 12.3. The minimum Gasteiger partial charge on any atom is -0.325 e. The second-order valence-corrected chi connectivity index (χ2v) is 5.39. The summed E-state index contributed by atoms with van der Waals surface area (Å²) in [7, 11) is -3.83. The van der Waals surface area contributed by atoms with Gasteiger partial charge in [0, 0.05) is 5.02 Å². The quantitative estimate of drug-likeness (QED) is 0.834. The van der Waals surface area contributed by atoms with Crippen LogP contribution in [0.5, 0.6) is 0 Å². The molecule has 17 heavy (non-hydrogen) atoms. The van der Waals surface area contributed by atoms with Crippen LogP contribution in [-0.4, -0.2) is 27.7 Å². The van der Waals surface area contributed by atoms with Gasteiger partial charge in [-0.1, -0.05) is 11.6 Å². The van der Waals surface area contributed by atoms with E-state index in [9.17, 15) is 17.2 Å². The number of benzene rings is 1. The van der Waals surface area contributed by atoms with E-state index in [4.69, 9.17) is 11.6 Å². The van der Waals surface area contributed by atoms with E-state index in [1.54, 1.807) is 0 Å². The fourth-order valence-electron chi connectivity index (χ4n) is 1.46. The largest absolute Gasteiger partial charge is 0.325 e. The smallest absolute Gasteiger partial charge is 0.285 e. The molecular formula is C9H7ClF2N2O2S. The average molecular weight is 281 g/mol. The lowest BCUT2D eigenvalue weighted by molar-refractivity contribution is 0.159. The Hall–Kier alpha value is -1.21. The summed E-state index contributed by atoms with van der Waals surface area (Å²) >= 11 is 5.67. The maximum Gasteiger partial charge on any atom is 0.285 e. The van der Waals surface area contributed by atoms with Crippen LogP contribution in [-0.2, 0) is 10.0 Å². The number of rotatable bonds is 2. The van der Waals surface area contributed by atoms with Crippen molar-refractivity contribution in [1.82, 2.24) is 0 Å². The molecule has 1 aromatic rings. The summed E-state index contributed by atoms with van der Waals surface area (Å²) in [6, 6.07) is 4.01. The molecule has 0 saturated carbocycles. The first-order chi connectivity index (χ1) is 7.90. The summed E-state index contributed by atoms with van der Waals surface area (Å²) in [6.07, 6.45) is -1.71. The van der Waals surface area contributed by atoms with E-state index in [0.717, 1.165) is 11.2 Å². The van der Waals surface area contributed by atoms with Gasteiger partial charge in [0.25, 0.3) is 16.4 Å². The third-order valence-corrected chi connectivity index (χ3v) is 3.66. The van der Waals surface area contributed by atoms with Crippen molar-refractivity contribution >= 4 is 33.7 Å². The summed E-state index contributed by atoms with van der Waals surface area (Å²) in [6.45, 7) is -0.617. The van der Waals surface area contributed by atoms with E-state index in [1.165, 1.54) is 18.2 Å². The Morgan fingerprint density at radius 3 is 2.76 bits per heavy atom. The highest BCUT2D eigenvalue weighted by Gasteiger charge is 2.26. The van der Waals surface area contributed by atoms with Gasteiger partial charge in [-0.05, 0) is 18.2 Å². The lowest BCUT2D eigenvalue weighted by Gasteiger charge is -2.24. The van der Waals surface area contributed by atoms with Crippen molar-refractivity contribution in [3.63, 3.8) is 0 Å². The van der Waals surface area contributed by atoms with Crippen LogP contribution in [0.3, 0.4) is 0 Å². The van der Waals surface area contributed by atoms with Crippen LogP contribution in [0.2, 0.25) is 5.02 Å². The highest BCUT2D eigenvalue weighted by Crippen LogP contribution is 2.32. The fourth-order valence-corrected chi connectivity index (χ4v) is 2.78. The Labute approximate surface area is 102 Å². The van der Waals surface area contributed by atoms with Gasteiger partial charge >= 0.3 is 0 Å². The van der Waals surface area contributed by atoms with Crippen LogP contribution >= 0.6 is 11.6 Å². The summed E-state index contributed by atoms with van der Waals surface area (Å²) < 4.78 is 51.0. The highest BCUT2D eigenvalue weighted by molar-refractivity contribution is 7.90. The molecular weight excluding hydrogens is 274 g/mol. The van der Waals surface area contributed by atoms with Crippen molar-refractivity contribution in [3.8, 4) is 0 Å². The van der Waals surface area contributed by atoms with E-state index in [2.05, 4.69) is 4.40 Å². The molecule has 0 atom stereocenters. The van der Waals surface area contributed by atoms with E-state index in [1.807, 2.05) is 0 Å². The fraction of sp³-hybridized carbons (Fsp3) is 0.222. The summed E-state index contributed by atoms with van der Waals surface area (Å²) in [5.74, 6) is 0. The van der Waals surface area contributed by atoms with Gasteiger partial charge in [-0.25, -0.2) is 8.78 Å². The van der Waals surface area contributed by atoms with Gasteiger partial charge in [0.1, 0.15) is 11.2 Å². The van der Waals surface area contributed by atoms with Crippen molar-refractivity contribution < 1.29 is 17.2 Å². The van der Waals surface area contributed by atoms with Crippen LogP contribution in [0.1, 0.15) is 0 Å². The molecule has 4 nitrogen and oxygen atoms in total. The molecule has 92 valence electrons. The van der Waals surface area contributed by atoms with Gasteiger partial charge < -0.3 is 4.90 Å². The first-order valence-electron chi connectivity index (χ1n) is 4.55. The molecule has 1 aliphatic rings. The first-order valence-corrected chi connectivity index (χ1v) is 6.37. The molecule has 0 radical (unpaired) electrons.